The van der Waals surface area contributed by atoms with Crippen molar-refractivity contribution in [1.82, 2.24) is 4.98 Å². The van der Waals surface area contributed by atoms with Crippen LogP contribution in [0.15, 0.2) is 47.8 Å². The Morgan fingerprint density at radius 1 is 1.14 bits per heavy atom. The molecule has 0 atom stereocenters. The second-order valence-corrected chi connectivity index (χ2v) is 6.43. The molecule has 9 heteroatoms. The van der Waals surface area contributed by atoms with Crippen LogP contribution in [0.25, 0.3) is 10.6 Å². The van der Waals surface area contributed by atoms with E-state index in [0.29, 0.717) is 5.69 Å². The Labute approximate surface area is 164 Å². The highest BCUT2D eigenvalue weighted by molar-refractivity contribution is 7.13. The first-order valence-electron chi connectivity index (χ1n) is 8.11. The van der Waals surface area contributed by atoms with Crippen LogP contribution in [0.2, 0.25) is 0 Å². The maximum atomic E-state index is 12.4. The van der Waals surface area contributed by atoms with Gasteiger partial charge in [0.05, 0.1) is 30.9 Å². The van der Waals surface area contributed by atoms with Crippen molar-refractivity contribution in [2.24, 2.45) is 0 Å². The smallest absolute Gasteiger partial charge is 0.345 e. The van der Waals surface area contributed by atoms with Gasteiger partial charge < -0.3 is 14.2 Å². The van der Waals surface area contributed by atoms with Crippen molar-refractivity contribution >= 4 is 23.0 Å². The molecule has 0 saturated carbocycles. The van der Waals surface area contributed by atoms with Crippen LogP contribution in [0, 0.1) is 10.1 Å². The van der Waals surface area contributed by atoms with Crippen molar-refractivity contribution in [2.45, 2.75) is 6.61 Å². The first-order chi connectivity index (χ1) is 13.5. The molecule has 0 fully saturated rings. The molecule has 8 nitrogen and oxygen atoms in total. The van der Waals surface area contributed by atoms with Crippen LogP contribution in [0.4, 0.5) is 5.69 Å². The van der Waals surface area contributed by atoms with E-state index in [1.807, 2.05) is 30.3 Å². The van der Waals surface area contributed by atoms with Crippen molar-refractivity contribution in [3.05, 3.63) is 69.2 Å². The number of carbonyl (C=O) groups excluding carboxylic acids is 1. The number of carbonyl (C=O) groups is 1. The highest BCUT2D eigenvalue weighted by atomic mass is 32.1. The monoisotopic (exact) mass is 400 g/mol. The van der Waals surface area contributed by atoms with Gasteiger partial charge in [-0.1, -0.05) is 30.3 Å². The molecule has 0 aliphatic rings. The molecule has 3 aromatic rings. The SMILES string of the molecule is COc1cc(C(=O)OCc2csc(-c3ccccc3)n2)c([N+](=O)[O-])cc1OC. The number of aromatic nitrogens is 1. The third-order valence-electron chi connectivity index (χ3n) is 3.84. The van der Waals surface area contributed by atoms with E-state index in [0.717, 1.165) is 16.6 Å². The summed E-state index contributed by atoms with van der Waals surface area (Å²) >= 11 is 1.42. The molecule has 1 heterocycles. The van der Waals surface area contributed by atoms with Gasteiger partial charge in [-0.3, -0.25) is 10.1 Å². The van der Waals surface area contributed by atoms with Gasteiger partial charge >= 0.3 is 5.97 Å². The van der Waals surface area contributed by atoms with Gasteiger partial charge in [-0.05, 0) is 0 Å². The largest absolute Gasteiger partial charge is 0.493 e. The standard InChI is InChI=1S/C19H16N2O6S/c1-25-16-8-14(15(21(23)24)9-17(16)26-2)19(22)27-10-13-11-28-18(20-13)12-6-4-3-5-7-12/h3-9,11H,10H2,1-2H3. The zero-order chi connectivity index (χ0) is 20.1. The number of benzene rings is 2. The van der Waals surface area contributed by atoms with Crippen molar-refractivity contribution < 1.29 is 23.9 Å². The Morgan fingerprint density at radius 3 is 2.46 bits per heavy atom. The molecular formula is C19H16N2O6S. The molecule has 0 N–H and O–H groups in total. The third kappa shape index (κ3) is 4.09. The van der Waals surface area contributed by atoms with Gasteiger partial charge in [0.15, 0.2) is 11.5 Å². The number of nitrogens with zero attached hydrogens (tertiary/aromatic N) is 2. The molecule has 0 spiro atoms. The summed E-state index contributed by atoms with van der Waals surface area (Å²) in [4.78, 5) is 27.5. The van der Waals surface area contributed by atoms with Crippen molar-refractivity contribution in [3.8, 4) is 22.1 Å². The summed E-state index contributed by atoms with van der Waals surface area (Å²) in [6.07, 6.45) is 0. The number of methoxy groups -OCH3 is 2. The Kier molecular flexibility index (Phi) is 5.85. The second kappa shape index (κ2) is 8.49. The number of hydrogen-bond acceptors (Lipinski definition) is 8. The molecule has 0 aliphatic heterocycles. The van der Waals surface area contributed by atoms with Gasteiger partial charge in [0.1, 0.15) is 17.2 Å². The molecule has 1 aromatic heterocycles. The van der Waals surface area contributed by atoms with E-state index in [4.69, 9.17) is 14.2 Å². The summed E-state index contributed by atoms with van der Waals surface area (Å²) in [7, 11) is 2.73. The van der Waals surface area contributed by atoms with Crippen LogP contribution in [-0.4, -0.2) is 30.1 Å². The summed E-state index contributed by atoms with van der Waals surface area (Å²) in [5.41, 5.74) is 0.869. The predicted octanol–water partition coefficient (Wildman–Crippen LogP) is 4.09. The Bertz CT molecular complexity index is 1000. The van der Waals surface area contributed by atoms with Gasteiger partial charge in [-0.15, -0.1) is 11.3 Å². The highest BCUT2D eigenvalue weighted by Gasteiger charge is 2.26. The molecule has 0 aliphatic carbocycles. The van der Waals surface area contributed by atoms with Gasteiger partial charge in [0, 0.05) is 17.0 Å². The minimum Gasteiger partial charge on any atom is -0.493 e. The molecule has 2 aromatic carbocycles. The summed E-state index contributed by atoms with van der Waals surface area (Å²) in [6.45, 7) is -0.104. The summed E-state index contributed by atoms with van der Waals surface area (Å²) in [6, 6.07) is 12.0. The zero-order valence-corrected chi connectivity index (χ0v) is 15.9. The quantitative estimate of drug-likeness (QED) is 0.334. The number of ether oxygens (including phenoxy) is 3. The highest BCUT2D eigenvalue weighted by Crippen LogP contribution is 2.35. The number of esters is 1. The second-order valence-electron chi connectivity index (χ2n) is 5.57. The molecule has 0 saturated heterocycles. The van der Waals surface area contributed by atoms with Crippen LogP contribution in [-0.2, 0) is 11.3 Å². The molecule has 144 valence electrons. The Morgan fingerprint density at radius 2 is 1.82 bits per heavy atom. The van der Waals surface area contributed by atoms with E-state index in [1.54, 1.807) is 5.38 Å². The molecule has 0 bridgehead atoms. The first kappa shape index (κ1) is 19.3. The van der Waals surface area contributed by atoms with Crippen LogP contribution >= 0.6 is 11.3 Å². The van der Waals surface area contributed by atoms with E-state index in [2.05, 4.69) is 4.98 Å². The minimum absolute atomic E-state index is 0.104. The topological polar surface area (TPSA) is 101 Å². The van der Waals surface area contributed by atoms with Gasteiger partial charge in [-0.25, -0.2) is 9.78 Å². The molecule has 3 rings (SSSR count). The Balaban J connectivity index is 1.78. The lowest BCUT2D eigenvalue weighted by molar-refractivity contribution is -0.385. The summed E-state index contributed by atoms with van der Waals surface area (Å²) < 4.78 is 15.4. The van der Waals surface area contributed by atoms with Crippen LogP contribution < -0.4 is 9.47 Å². The first-order valence-corrected chi connectivity index (χ1v) is 8.98. The number of nitro benzene ring substituents is 1. The average Bonchev–Trinajstić information content (AvgIpc) is 3.20. The summed E-state index contributed by atoms with van der Waals surface area (Å²) in [5.74, 6) is -0.500. The third-order valence-corrected chi connectivity index (χ3v) is 4.78. The van der Waals surface area contributed by atoms with Gasteiger partial charge in [0.25, 0.3) is 5.69 Å². The number of hydrogen-bond donors (Lipinski definition) is 0. The normalized spacial score (nSPS) is 10.4. The van der Waals surface area contributed by atoms with Crippen LogP contribution in [0.5, 0.6) is 11.5 Å². The van der Waals surface area contributed by atoms with E-state index >= 15 is 0 Å². The fourth-order valence-corrected chi connectivity index (χ4v) is 3.30. The van der Waals surface area contributed by atoms with Crippen molar-refractivity contribution in [3.63, 3.8) is 0 Å². The molecular weight excluding hydrogens is 384 g/mol. The fourth-order valence-electron chi connectivity index (χ4n) is 2.49. The van der Waals surface area contributed by atoms with Crippen LogP contribution in [0.1, 0.15) is 16.1 Å². The average molecular weight is 400 g/mol. The lowest BCUT2D eigenvalue weighted by Gasteiger charge is -2.10. The molecule has 28 heavy (non-hydrogen) atoms. The summed E-state index contributed by atoms with van der Waals surface area (Å²) in [5, 5.41) is 13.9. The molecule has 0 amide bonds. The number of thiazole rings is 1. The number of nitro groups is 1. The van der Waals surface area contributed by atoms with E-state index < -0.39 is 16.6 Å². The lowest BCUT2D eigenvalue weighted by atomic mass is 10.1. The van der Waals surface area contributed by atoms with E-state index in [-0.39, 0.29) is 23.7 Å². The van der Waals surface area contributed by atoms with Crippen molar-refractivity contribution in [1.29, 1.82) is 0 Å². The Hall–Kier alpha value is -3.46. The maximum Gasteiger partial charge on any atom is 0.345 e. The molecule has 0 unspecified atom stereocenters. The van der Waals surface area contributed by atoms with Crippen molar-refractivity contribution in [2.75, 3.05) is 14.2 Å². The number of rotatable bonds is 7. The fraction of sp³-hybridized carbons (Fsp3) is 0.158. The van der Waals surface area contributed by atoms with Gasteiger partial charge in [-0.2, -0.15) is 0 Å². The van der Waals surface area contributed by atoms with E-state index in [1.165, 1.54) is 31.6 Å². The minimum atomic E-state index is -0.845. The van der Waals surface area contributed by atoms with Crippen LogP contribution in [0.3, 0.4) is 0 Å². The van der Waals surface area contributed by atoms with E-state index in [9.17, 15) is 14.9 Å². The van der Waals surface area contributed by atoms with Gasteiger partial charge in [0.2, 0.25) is 0 Å². The molecule has 0 radical (unpaired) electrons. The maximum absolute atomic E-state index is 12.4. The lowest BCUT2D eigenvalue weighted by Crippen LogP contribution is -2.09. The zero-order valence-electron chi connectivity index (χ0n) is 15.1. The predicted molar refractivity (Wildman–Crippen MR) is 103 cm³/mol.